The van der Waals surface area contributed by atoms with E-state index in [2.05, 4.69) is 38.5 Å². The summed E-state index contributed by atoms with van der Waals surface area (Å²) in [6.45, 7) is 11.6. The molecule has 0 saturated carbocycles. The standard InChI is InChI=1S/C37H56N6O6S2/c1-6-8-10-12-14-16-22-46-32-20-18-28(3)24-34(32)49-51(45)42-31-19-21-33(47-23-17-15-13-11-9-7-2)35(26-31)48-50(44)38-27-29(4)37-39-36-25-30(5)40-43(36)41-37/h18-21,24-26,29,38,40,42H,6-17,22-23,27H2,1-5H3. The lowest BCUT2D eigenvalue weighted by Crippen LogP contribution is -2.26. The highest BCUT2D eigenvalue weighted by molar-refractivity contribution is 7.82. The van der Waals surface area contributed by atoms with E-state index in [1.807, 2.05) is 39.0 Å². The van der Waals surface area contributed by atoms with Crippen LogP contribution in [0.15, 0.2) is 42.5 Å². The maximum absolute atomic E-state index is 13.2. The molecular formula is C37H56N6O6S2. The minimum Gasteiger partial charge on any atom is -0.490 e. The molecule has 282 valence electrons. The smallest absolute Gasteiger partial charge is 0.316 e. The number of hydrogen-bond donors (Lipinski definition) is 3. The maximum Gasteiger partial charge on any atom is 0.316 e. The van der Waals surface area contributed by atoms with Crippen molar-refractivity contribution < 1.29 is 26.3 Å². The molecule has 3 atom stereocenters. The van der Waals surface area contributed by atoms with Crippen LogP contribution in [0.1, 0.15) is 121 Å². The second-order valence-corrected chi connectivity index (χ2v) is 14.8. The number of fused-ring (bicyclic) bond motifs is 1. The number of unbranched alkanes of at least 4 members (excludes halogenated alkanes) is 10. The van der Waals surface area contributed by atoms with Crippen LogP contribution in [0.2, 0.25) is 0 Å². The second kappa shape index (κ2) is 21.7. The van der Waals surface area contributed by atoms with Crippen LogP contribution in [0.5, 0.6) is 23.0 Å². The normalized spacial score (nSPS) is 13.2. The van der Waals surface area contributed by atoms with Crippen LogP contribution < -0.4 is 27.3 Å². The first kappa shape index (κ1) is 40.2. The van der Waals surface area contributed by atoms with E-state index in [1.165, 1.54) is 44.9 Å². The molecule has 2 aromatic carbocycles. The first-order chi connectivity index (χ1) is 24.7. The Hall–Kier alpha value is -3.62. The van der Waals surface area contributed by atoms with Crippen molar-refractivity contribution in [2.45, 2.75) is 118 Å². The summed E-state index contributed by atoms with van der Waals surface area (Å²) >= 11 is -3.88. The molecule has 4 aromatic rings. The minimum atomic E-state index is -1.96. The monoisotopic (exact) mass is 744 g/mol. The van der Waals surface area contributed by atoms with Crippen molar-refractivity contribution in [2.24, 2.45) is 0 Å². The van der Waals surface area contributed by atoms with Gasteiger partial charge in [-0.05, 0) is 56.5 Å². The second-order valence-electron chi connectivity index (χ2n) is 13.0. The molecule has 51 heavy (non-hydrogen) atoms. The summed E-state index contributed by atoms with van der Waals surface area (Å²) in [6.07, 6.45) is 13.7. The van der Waals surface area contributed by atoms with Crippen LogP contribution in [0.4, 0.5) is 5.69 Å². The molecular weight excluding hydrogens is 689 g/mol. The molecule has 2 heterocycles. The number of anilines is 1. The quantitative estimate of drug-likeness (QED) is 0.0543. The van der Waals surface area contributed by atoms with E-state index in [0.717, 1.165) is 49.0 Å². The third kappa shape index (κ3) is 13.8. The highest BCUT2D eigenvalue weighted by atomic mass is 32.2. The fourth-order valence-electron chi connectivity index (χ4n) is 5.40. The lowest BCUT2D eigenvalue weighted by molar-refractivity contribution is 0.296. The van der Waals surface area contributed by atoms with Gasteiger partial charge in [0.2, 0.25) is 0 Å². The fraction of sp³-hybridized carbons (Fsp3) is 0.568. The molecule has 3 unspecified atom stereocenters. The third-order valence-electron chi connectivity index (χ3n) is 8.31. The van der Waals surface area contributed by atoms with Crippen molar-refractivity contribution in [2.75, 3.05) is 24.5 Å². The average Bonchev–Trinajstić information content (AvgIpc) is 3.66. The Labute approximate surface area is 308 Å². The molecule has 0 spiro atoms. The molecule has 0 saturated heterocycles. The SMILES string of the molecule is CCCCCCCCOc1ccc(NS(=O)Oc2cc(C)ccc2OCCCCCCCC)cc1OS(=O)NCC(C)c1nc2cc(C)[nH]n2n1. The first-order valence-electron chi connectivity index (χ1n) is 18.4. The van der Waals surface area contributed by atoms with Crippen molar-refractivity contribution in [1.29, 1.82) is 0 Å². The van der Waals surface area contributed by atoms with E-state index >= 15 is 0 Å². The van der Waals surface area contributed by atoms with E-state index in [9.17, 15) is 8.42 Å². The van der Waals surface area contributed by atoms with Gasteiger partial charge in [-0.2, -0.15) is 13.0 Å². The maximum atomic E-state index is 13.2. The molecule has 0 amide bonds. The van der Waals surface area contributed by atoms with E-state index in [4.69, 9.17) is 17.8 Å². The molecule has 4 rings (SSSR count). The number of aromatic amines is 1. The predicted molar refractivity (Wildman–Crippen MR) is 205 cm³/mol. The van der Waals surface area contributed by atoms with Gasteiger partial charge in [0.1, 0.15) is 0 Å². The average molecular weight is 745 g/mol. The van der Waals surface area contributed by atoms with Gasteiger partial charge in [-0.1, -0.05) is 91.0 Å². The Morgan fingerprint density at radius 3 is 1.98 bits per heavy atom. The first-order valence-corrected chi connectivity index (χ1v) is 20.5. The molecule has 0 fully saturated rings. The number of aryl methyl sites for hydroxylation is 2. The van der Waals surface area contributed by atoms with Gasteiger partial charge in [0, 0.05) is 30.3 Å². The van der Waals surface area contributed by atoms with Gasteiger partial charge in [-0.3, -0.25) is 9.82 Å². The molecule has 14 heteroatoms. The molecule has 2 aromatic heterocycles. The Kier molecular flexibility index (Phi) is 17.1. The summed E-state index contributed by atoms with van der Waals surface area (Å²) in [5, 5.41) is 7.58. The van der Waals surface area contributed by atoms with Crippen molar-refractivity contribution in [3.8, 4) is 23.0 Å². The number of ether oxygens (including phenoxy) is 2. The summed E-state index contributed by atoms with van der Waals surface area (Å²) in [5.41, 5.74) is 3.09. The molecule has 0 aliphatic heterocycles. The number of nitrogens with zero attached hydrogens (tertiary/aromatic N) is 3. The van der Waals surface area contributed by atoms with Crippen LogP contribution in [-0.2, 0) is 22.5 Å². The zero-order valence-electron chi connectivity index (χ0n) is 30.8. The Morgan fingerprint density at radius 1 is 0.745 bits per heavy atom. The Morgan fingerprint density at radius 2 is 1.33 bits per heavy atom. The van der Waals surface area contributed by atoms with Crippen molar-refractivity contribution in [1.82, 2.24) is 24.5 Å². The number of H-pyrrole nitrogens is 1. The highest BCUT2D eigenvalue weighted by Gasteiger charge is 2.18. The lowest BCUT2D eigenvalue weighted by Gasteiger charge is -2.16. The summed E-state index contributed by atoms with van der Waals surface area (Å²) in [7, 11) is 0. The topological polar surface area (TPSA) is 141 Å². The number of nitrogens with one attached hydrogen (secondary N) is 3. The number of aromatic nitrogens is 4. The Balaban J connectivity index is 1.36. The number of rotatable bonds is 26. The van der Waals surface area contributed by atoms with Gasteiger partial charge in [0.15, 0.2) is 34.5 Å². The lowest BCUT2D eigenvalue weighted by atomic mass is 10.1. The number of benzene rings is 2. The van der Waals surface area contributed by atoms with E-state index in [-0.39, 0.29) is 11.7 Å². The molecule has 0 aliphatic rings. The minimum absolute atomic E-state index is 0.136. The van der Waals surface area contributed by atoms with Gasteiger partial charge in [0.25, 0.3) is 11.3 Å². The number of hydrogen-bond acceptors (Lipinski definition) is 8. The van der Waals surface area contributed by atoms with Gasteiger partial charge >= 0.3 is 11.3 Å². The van der Waals surface area contributed by atoms with Crippen molar-refractivity contribution in [3.63, 3.8) is 0 Å². The van der Waals surface area contributed by atoms with Gasteiger partial charge in [-0.25, -0.2) is 9.71 Å². The highest BCUT2D eigenvalue weighted by Crippen LogP contribution is 2.33. The van der Waals surface area contributed by atoms with Crippen LogP contribution in [0.3, 0.4) is 0 Å². The summed E-state index contributed by atoms with van der Waals surface area (Å²) in [4.78, 5) is 4.55. The zero-order chi connectivity index (χ0) is 36.4. The Bertz CT molecular complexity index is 1650. The molecule has 0 aliphatic carbocycles. The summed E-state index contributed by atoms with van der Waals surface area (Å²) < 4.78 is 57.5. The van der Waals surface area contributed by atoms with E-state index < -0.39 is 22.5 Å². The third-order valence-corrected chi connectivity index (χ3v) is 9.78. The van der Waals surface area contributed by atoms with Crippen LogP contribution in [0.25, 0.3) is 5.65 Å². The zero-order valence-corrected chi connectivity index (χ0v) is 32.5. The van der Waals surface area contributed by atoms with Gasteiger partial charge < -0.3 is 17.8 Å². The van der Waals surface area contributed by atoms with Crippen molar-refractivity contribution >= 4 is 33.9 Å². The van der Waals surface area contributed by atoms with Crippen LogP contribution in [0, 0.1) is 13.8 Å². The van der Waals surface area contributed by atoms with Crippen molar-refractivity contribution in [3.05, 3.63) is 59.5 Å². The van der Waals surface area contributed by atoms with Gasteiger partial charge in [-0.15, -0.1) is 5.10 Å². The summed E-state index contributed by atoms with van der Waals surface area (Å²) in [6, 6.07) is 12.5. The summed E-state index contributed by atoms with van der Waals surface area (Å²) in [5.74, 6) is 2.09. The van der Waals surface area contributed by atoms with E-state index in [1.54, 1.807) is 28.9 Å². The van der Waals surface area contributed by atoms with Crippen LogP contribution in [-0.4, -0.2) is 48.0 Å². The molecule has 12 nitrogen and oxygen atoms in total. The van der Waals surface area contributed by atoms with Crippen LogP contribution >= 0.6 is 0 Å². The molecule has 0 radical (unpaired) electrons. The molecule has 0 bridgehead atoms. The fourth-order valence-corrected chi connectivity index (χ4v) is 6.79. The molecule has 3 N–H and O–H groups in total. The largest absolute Gasteiger partial charge is 0.490 e. The van der Waals surface area contributed by atoms with Gasteiger partial charge in [0.05, 0.1) is 18.9 Å². The predicted octanol–water partition coefficient (Wildman–Crippen LogP) is 8.57. The van der Waals surface area contributed by atoms with E-state index in [0.29, 0.717) is 48.5 Å².